The molecule has 5 rings (SSSR count). The lowest BCUT2D eigenvalue weighted by Crippen LogP contribution is -2.38. The molecule has 0 atom stereocenters. The van der Waals surface area contributed by atoms with Crippen molar-refractivity contribution in [2.24, 2.45) is 11.7 Å². The maximum Gasteiger partial charge on any atom is 0.490 e. The van der Waals surface area contributed by atoms with E-state index < -0.39 is 12.1 Å². The van der Waals surface area contributed by atoms with Gasteiger partial charge in [-0.25, -0.2) is 14.2 Å². The third kappa shape index (κ3) is 7.20. The van der Waals surface area contributed by atoms with Crippen LogP contribution >= 0.6 is 0 Å². The number of piperidine rings is 1. The second kappa shape index (κ2) is 11.6. The van der Waals surface area contributed by atoms with Crippen LogP contribution in [0.25, 0.3) is 33.5 Å². The minimum Gasteiger partial charge on any atom is -0.475 e. The number of carbonyl (C=O) groups excluding carboxylic acids is 1. The molecular weight excluding hydrogens is 516 g/mol. The maximum absolute atomic E-state index is 13.4. The van der Waals surface area contributed by atoms with E-state index in [1.165, 1.54) is 17.7 Å². The molecule has 3 aromatic carbocycles. The van der Waals surface area contributed by atoms with E-state index in [0.29, 0.717) is 5.52 Å². The Morgan fingerprint density at radius 3 is 2.03 bits per heavy atom. The number of nitrogens with zero attached hydrogens (tertiary/aromatic N) is 2. The second-order valence-electron chi connectivity index (χ2n) is 9.28. The van der Waals surface area contributed by atoms with Gasteiger partial charge in [-0.2, -0.15) is 13.2 Å². The summed E-state index contributed by atoms with van der Waals surface area (Å²) in [5.74, 6) is -2.45. The highest BCUT2D eigenvalue weighted by molar-refractivity contribution is 5.80. The average Bonchev–Trinajstić information content (AvgIpc) is 3.33. The van der Waals surface area contributed by atoms with E-state index >= 15 is 0 Å². The Balaban J connectivity index is 0.000000448. The number of imidazole rings is 1. The first kappa shape index (κ1) is 27.8. The van der Waals surface area contributed by atoms with Crippen LogP contribution in [0.2, 0.25) is 0 Å². The third-order valence-corrected chi connectivity index (χ3v) is 6.53. The van der Waals surface area contributed by atoms with E-state index in [0.717, 1.165) is 60.5 Å². The molecule has 2 heterocycles. The van der Waals surface area contributed by atoms with Crippen LogP contribution in [0.1, 0.15) is 18.4 Å². The van der Waals surface area contributed by atoms with Crippen molar-refractivity contribution < 1.29 is 32.3 Å². The molecule has 0 bridgehead atoms. The monoisotopic (exact) mass is 542 g/mol. The van der Waals surface area contributed by atoms with Gasteiger partial charge in [0.25, 0.3) is 0 Å². The number of benzene rings is 3. The van der Waals surface area contributed by atoms with E-state index in [1.54, 1.807) is 6.07 Å². The third-order valence-electron chi connectivity index (χ3n) is 6.53. The van der Waals surface area contributed by atoms with E-state index in [-0.39, 0.29) is 17.6 Å². The summed E-state index contributed by atoms with van der Waals surface area (Å²) >= 11 is 0. The fourth-order valence-electron chi connectivity index (χ4n) is 4.38. The van der Waals surface area contributed by atoms with Crippen molar-refractivity contribution in [2.75, 3.05) is 13.1 Å². The highest BCUT2D eigenvalue weighted by Gasteiger charge is 2.38. The number of halogens is 4. The number of carbonyl (C=O) groups is 2. The molecule has 0 spiro atoms. The van der Waals surface area contributed by atoms with Crippen LogP contribution in [-0.4, -0.2) is 51.1 Å². The number of aromatic amines is 1. The van der Waals surface area contributed by atoms with Gasteiger partial charge in [-0.3, -0.25) is 9.69 Å². The number of nitrogens with two attached hydrogens (primary N) is 1. The molecule has 39 heavy (non-hydrogen) atoms. The van der Waals surface area contributed by atoms with Gasteiger partial charge < -0.3 is 15.8 Å². The van der Waals surface area contributed by atoms with E-state index in [1.807, 2.05) is 12.1 Å². The highest BCUT2D eigenvalue weighted by atomic mass is 19.4. The minimum atomic E-state index is -5.08. The van der Waals surface area contributed by atoms with E-state index in [2.05, 4.69) is 51.3 Å². The number of carboxylic acid groups (broad SMARTS) is 1. The fraction of sp³-hybridized carbons (Fsp3) is 0.250. The molecule has 204 valence electrons. The first-order valence-corrected chi connectivity index (χ1v) is 12.2. The number of carboxylic acids is 1. The van der Waals surface area contributed by atoms with Gasteiger partial charge in [-0.15, -0.1) is 0 Å². The van der Waals surface area contributed by atoms with Crippen LogP contribution in [-0.2, 0) is 16.1 Å². The summed E-state index contributed by atoms with van der Waals surface area (Å²) in [5, 5.41) is 7.12. The molecule has 0 aliphatic carbocycles. The number of H-pyrrole nitrogens is 1. The predicted molar refractivity (Wildman–Crippen MR) is 138 cm³/mol. The number of aliphatic carboxylic acids is 1. The Hall–Kier alpha value is -4.25. The zero-order chi connectivity index (χ0) is 28.2. The molecular formula is C28H26F4N4O3. The molecule has 0 unspecified atom stereocenters. The Kier molecular flexibility index (Phi) is 8.29. The first-order valence-electron chi connectivity index (χ1n) is 12.2. The van der Waals surface area contributed by atoms with Crippen LogP contribution in [0.5, 0.6) is 0 Å². The first-order chi connectivity index (χ1) is 18.5. The summed E-state index contributed by atoms with van der Waals surface area (Å²) in [7, 11) is 0. The number of rotatable bonds is 5. The average molecular weight is 543 g/mol. The maximum atomic E-state index is 13.4. The summed E-state index contributed by atoms with van der Waals surface area (Å²) in [5.41, 5.74) is 11.4. The number of fused-ring (bicyclic) bond motifs is 1. The summed E-state index contributed by atoms with van der Waals surface area (Å²) in [6, 6.07) is 21.4. The van der Waals surface area contributed by atoms with Crippen molar-refractivity contribution in [3.63, 3.8) is 0 Å². The second-order valence-corrected chi connectivity index (χ2v) is 9.28. The van der Waals surface area contributed by atoms with Gasteiger partial charge in [-0.05, 0) is 60.8 Å². The molecule has 4 aromatic rings. The lowest BCUT2D eigenvalue weighted by atomic mass is 9.96. The number of nitrogens with one attached hydrogen (secondary N) is 1. The number of aromatic nitrogens is 2. The van der Waals surface area contributed by atoms with Crippen molar-refractivity contribution in [1.29, 1.82) is 0 Å². The standard InChI is InChI=1S/C26H25FN4O.C2HF3O2/c27-22-9-10-23-24(15-22)30-26(29-23)21-7-5-19(6-8-21)18-3-1-17(2-4-18)16-31-13-11-20(12-14-31)25(28)32;3-2(4,5)1(6)7/h1-10,15,20H,11-14,16H2,(H2,28,32)(H,29,30);(H,6,7). The van der Waals surface area contributed by atoms with Gasteiger partial charge in [-0.1, -0.05) is 48.5 Å². The molecule has 1 saturated heterocycles. The van der Waals surface area contributed by atoms with E-state index in [4.69, 9.17) is 15.6 Å². The highest BCUT2D eigenvalue weighted by Crippen LogP contribution is 2.26. The molecule has 7 nitrogen and oxygen atoms in total. The summed E-state index contributed by atoms with van der Waals surface area (Å²) < 4.78 is 45.2. The smallest absolute Gasteiger partial charge is 0.475 e. The number of hydrogen-bond acceptors (Lipinski definition) is 4. The Morgan fingerprint density at radius 2 is 1.49 bits per heavy atom. The Morgan fingerprint density at radius 1 is 0.949 bits per heavy atom. The minimum absolute atomic E-state index is 0.0253. The summed E-state index contributed by atoms with van der Waals surface area (Å²) in [6.07, 6.45) is -3.39. The normalized spacial score (nSPS) is 14.6. The molecule has 0 saturated carbocycles. The van der Waals surface area contributed by atoms with Crippen LogP contribution in [0.3, 0.4) is 0 Å². The predicted octanol–water partition coefficient (Wildman–Crippen LogP) is 5.37. The van der Waals surface area contributed by atoms with E-state index in [9.17, 15) is 22.4 Å². The largest absolute Gasteiger partial charge is 0.490 e. The Bertz CT molecular complexity index is 1440. The SMILES string of the molecule is NC(=O)C1CCN(Cc2ccc(-c3ccc(-c4nc5ccc(F)cc5[nH]4)cc3)cc2)CC1.O=C(O)C(F)(F)F. The molecule has 0 radical (unpaired) electrons. The molecule has 1 aliphatic heterocycles. The molecule has 1 fully saturated rings. The van der Waals surface area contributed by atoms with Crippen molar-refractivity contribution in [3.05, 3.63) is 78.1 Å². The molecule has 4 N–H and O–H groups in total. The number of amides is 1. The van der Waals surface area contributed by atoms with Crippen molar-refractivity contribution in [2.45, 2.75) is 25.6 Å². The summed E-state index contributed by atoms with van der Waals surface area (Å²) in [6.45, 7) is 2.70. The lowest BCUT2D eigenvalue weighted by Gasteiger charge is -2.30. The van der Waals surface area contributed by atoms with Gasteiger partial charge in [0.1, 0.15) is 11.6 Å². The van der Waals surface area contributed by atoms with Crippen LogP contribution in [0, 0.1) is 11.7 Å². The van der Waals surface area contributed by atoms with Gasteiger partial charge >= 0.3 is 12.1 Å². The molecule has 1 aromatic heterocycles. The van der Waals surface area contributed by atoms with Gasteiger partial charge in [0, 0.05) is 18.0 Å². The zero-order valence-corrected chi connectivity index (χ0v) is 20.7. The van der Waals surface area contributed by atoms with Crippen molar-refractivity contribution in [3.8, 4) is 22.5 Å². The van der Waals surface area contributed by atoms with Gasteiger partial charge in [0.05, 0.1) is 11.0 Å². The van der Waals surface area contributed by atoms with Crippen LogP contribution in [0.15, 0.2) is 66.7 Å². The number of alkyl halides is 3. The number of hydrogen-bond donors (Lipinski definition) is 3. The van der Waals surface area contributed by atoms with Crippen LogP contribution < -0.4 is 5.73 Å². The zero-order valence-electron chi connectivity index (χ0n) is 20.7. The lowest BCUT2D eigenvalue weighted by molar-refractivity contribution is -0.192. The fourth-order valence-corrected chi connectivity index (χ4v) is 4.38. The Labute approximate surface area is 221 Å². The molecule has 11 heteroatoms. The van der Waals surface area contributed by atoms with Gasteiger partial charge in [0.2, 0.25) is 5.91 Å². The quantitative estimate of drug-likeness (QED) is 0.294. The van der Waals surface area contributed by atoms with Crippen molar-refractivity contribution >= 4 is 22.9 Å². The molecule has 1 amide bonds. The number of primary amides is 1. The number of likely N-dealkylation sites (tertiary alicyclic amines) is 1. The molecule has 1 aliphatic rings. The topological polar surface area (TPSA) is 112 Å². The summed E-state index contributed by atoms with van der Waals surface area (Å²) in [4.78, 5) is 30.3. The van der Waals surface area contributed by atoms with Gasteiger partial charge in [0.15, 0.2) is 0 Å². The van der Waals surface area contributed by atoms with Crippen molar-refractivity contribution in [1.82, 2.24) is 14.9 Å². The van der Waals surface area contributed by atoms with Crippen LogP contribution in [0.4, 0.5) is 17.6 Å².